The van der Waals surface area contributed by atoms with Crippen molar-refractivity contribution in [2.75, 3.05) is 20.1 Å². The zero-order valence-electron chi connectivity index (χ0n) is 11.8. The van der Waals surface area contributed by atoms with E-state index in [1.165, 1.54) is 9.80 Å². The van der Waals surface area contributed by atoms with Gasteiger partial charge in [-0.1, -0.05) is 42.5 Å². The smallest absolute Gasteiger partial charge is 0.322 e. The maximum absolute atomic E-state index is 11.9. The lowest BCUT2D eigenvalue weighted by Gasteiger charge is -2.20. The highest BCUT2D eigenvalue weighted by molar-refractivity contribution is 6.02. The van der Waals surface area contributed by atoms with Crippen LogP contribution in [-0.4, -0.2) is 41.9 Å². The molecule has 3 amide bonds. The van der Waals surface area contributed by atoms with E-state index < -0.39 is 6.04 Å². The number of amides is 3. The lowest BCUT2D eigenvalue weighted by atomic mass is 9.99. The minimum atomic E-state index is -0.393. The van der Waals surface area contributed by atoms with Gasteiger partial charge in [-0.25, -0.2) is 4.79 Å². The van der Waals surface area contributed by atoms with Gasteiger partial charge in [-0.05, 0) is 16.3 Å². The summed E-state index contributed by atoms with van der Waals surface area (Å²) in [5, 5.41) is 2.15. The first-order valence-corrected chi connectivity index (χ1v) is 6.86. The number of urea groups is 1. The van der Waals surface area contributed by atoms with E-state index in [4.69, 9.17) is 5.73 Å². The fourth-order valence-electron chi connectivity index (χ4n) is 2.72. The van der Waals surface area contributed by atoms with Crippen LogP contribution in [0.4, 0.5) is 4.79 Å². The van der Waals surface area contributed by atoms with Gasteiger partial charge in [0.05, 0.1) is 0 Å². The second-order valence-corrected chi connectivity index (χ2v) is 5.32. The molecule has 0 bridgehead atoms. The van der Waals surface area contributed by atoms with Gasteiger partial charge in [0.25, 0.3) is 0 Å². The summed E-state index contributed by atoms with van der Waals surface area (Å²) >= 11 is 0. The molecular formula is C16H17N3O2. The minimum Gasteiger partial charge on any atom is -0.322 e. The topological polar surface area (TPSA) is 66.6 Å². The summed E-state index contributed by atoms with van der Waals surface area (Å²) < 4.78 is 0. The molecule has 1 aliphatic heterocycles. The van der Waals surface area contributed by atoms with E-state index in [0.29, 0.717) is 0 Å². The fraction of sp³-hybridized carbons (Fsp3) is 0.250. The van der Waals surface area contributed by atoms with Crippen molar-refractivity contribution in [1.29, 1.82) is 0 Å². The van der Waals surface area contributed by atoms with Crippen LogP contribution in [0.5, 0.6) is 0 Å². The molecule has 2 N–H and O–H groups in total. The largest absolute Gasteiger partial charge is 0.327 e. The molecule has 108 valence electrons. The number of likely N-dealkylation sites (N-methyl/N-ethyl adjacent to an activating group) is 1. The molecule has 0 aromatic heterocycles. The summed E-state index contributed by atoms with van der Waals surface area (Å²) in [5.41, 5.74) is 7.19. The fourth-order valence-corrected chi connectivity index (χ4v) is 2.72. The number of nitrogens with two attached hydrogens (primary N) is 1. The molecule has 0 aliphatic carbocycles. The lowest BCUT2D eigenvalue weighted by molar-refractivity contribution is -0.125. The summed E-state index contributed by atoms with van der Waals surface area (Å²) in [6.07, 6.45) is 0. The van der Waals surface area contributed by atoms with Crippen molar-refractivity contribution in [3.05, 3.63) is 48.0 Å². The van der Waals surface area contributed by atoms with Crippen molar-refractivity contribution < 1.29 is 9.59 Å². The van der Waals surface area contributed by atoms with E-state index in [0.717, 1.165) is 16.3 Å². The number of carbonyl (C=O) groups is 2. The summed E-state index contributed by atoms with van der Waals surface area (Å²) in [6, 6.07) is 13.2. The third kappa shape index (κ3) is 2.36. The van der Waals surface area contributed by atoms with Crippen LogP contribution in [0.2, 0.25) is 0 Å². The molecule has 2 aromatic rings. The maximum atomic E-state index is 11.9. The zero-order chi connectivity index (χ0) is 15.0. The van der Waals surface area contributed by atoms with Gasteiger partial charge in [-0.3, -0.25) is 9.69 Å². The van der Waals surface area contributed by atoms with E-state index in [1.54, 1.807) is 7.05 Å². The van der Waals surface area contributed by atoms with Crippen molar-refractivity contribution in [3.63, 3.8) is 0 Å². The van der Waals surface area contributed by atoms with Gasteiger partial charge in [-0.2, -0.15) is 0 Å². The van der Waals surface area contributed by atoms with Crippen LogP contribution < -0.4 is 5.73 Å². The Bertz CT molecular complexity index is 708. The lowest BCUT2D eigenvalue weighted by Crippen LogP contribution is -2.37. The molecule has 1 fully saturated rings. The van der Waals surface area contributed by atoms with E-state index in [9.17, 15) is 9.59 Å². The molecule has 3 rings (SSSR count). The number of rotatable bonds is 3. The van der Waals surface area contributed by atoms with Crippen LogP contribution in [0.1, 0.15) is 11.6 Å². The van der Waals surface area contributed by atoms with Gasteiger partial charge in [-0.15, -0.1) is 0 Å². The second-order valence-electron chi connectivity index (χ2n) is 5.32. The Morgan fingerprint density at radius 1 is 1.14 bits per heavy atom. The number of hydrogen-bond acceptors (Lipinski definition) is 3. The monoisotopic (exact) mass is 283 g/mol. The molecule has 0 saturated carbocycles. The first-order valence-electron chi connectivity index (χ1n) is 6.86. The molecule has 5 heteroatoms. The third-order valence-electron chi connectivity index (χ3n) is 3.83. The number of fused-ring (bicyclic) bond motifs is 1. The number of carbonyl (C=O) groups excluding carboxylic acids is 2. The van der Waals surface area contributed by atoms with Crippen molar-refractivity contribution in [3.8, 4) is 0 Å². The molecule has 21 heavy (non-hydrogen) atoms. The average molecular weight is 283 g/mol. The molecular weight excluding hydrogens is 266 g/mol. The van der Waals surface area contributed by atoms with E-state index in [-0.39, 0.29) is 25.0 Å². The van der Waals surface area contributed by atoms with E-state index >= 15 is 0 Å². The Morgan fingerprint density at radius 3 is 2.57 bits per heavy atom. The summed E-state index contributed by atoms with van der Waals surface area (Å²) in [4.78, 5) is 26.4. The summed E-state index contributed by atoms with van der Waals surface area (Å²) in [7, 11) is 1.61. The Hall–Kier alpha value is -2.40. The highest BCUT2D eigenvalue weighted by atomic mass is 16.2. The van der Waals surface area contributed by atoms with E-state index in [2.05, 4.69) is 0 Å². The third-order valence-corrected chi connectivity index (χ3v) is 3.83. The normalized spacial score (nSPS) is 16.9. The van der Waals surface area contributed by atoms with Crippen LogP contribution in [-0.2, 0) is 4.79 Å². The standard InChI is InChI=1S/C16H17N3O2/c1-18-10-15(20)19(16(18)21)9-14(17)13-8-4-6-11-5-2-3-7-12(11)13/h2-8,14H,9-10,17H2,1H3. The van der Waals surface area contributed by atoms with Gasteiger partial charge in [0.15, 0.2) is 0 Å². The summed E-state index contributed by atoms with van der Waals surface area (Å²) in [5.74, 6) is -0.196. The van der Waals surface area contributed by atoms with Crippen LogP contribution in [0.25, 0.3) is 10.8 Å². The molecule has 2 aromatic carbocycles. The number of imide groups is 1. The van der Waals surface area contributed by atoms with Crippen molar-refractivity contribution in [2.45, 2.75) is 6.04 Å². The van der Waals surface area contributed by atoms with Gasteiger partial charge >= 0.3 is 6.03 Å². The molecule has 5 nitrogen and oxygen atoms in total. The Morgan fingerprint density at radius 2 is 1.86 bits per heavy atom. The molecule has 1 saturated heterocycles. The quantitative estimate of drug-likeness (QED) is 0.872. The Labute approximate surface area is 122 Å². The van der Waals surface area contributed by atoms with Gasteiger partial charge in [0.2, 0.25) is 5.91 Å². The predicted molar refractivity (Wildman–Crippen MR) is 80.6 cm³/mol. The SMILES string of the molecule is CN1CC(=O)N(CC(N)c2cccc3ccccc23)C1=O. The Kier molecular flexibility index (Phi) is 3.35. The average Bonchev–Trinajstić information content (AvgIpc) is 2.73. The van der Waals surface area contributed by atoms with Gasteiger partial charge in [0, 0.05) is 19.6 Å². The summed E-state index contributed by atoms with van der Waals surface area (Å²) in [6.45, 7) is 0.330. The van der Waals surface area contributed by atoms with Crippen LogP contribution in [0, 0.1) is 0 Å². The Balaban J connectivity index is 1.89. The van der Waals surface area contributed by atoms with Crippen molar-refractivity contribution >= 4 is 22.7 Å². The minimum absolute atomic E-state index is 0.126. The number of benzene rings is 2. The highest BCUT2D eigenvalue weighted by Crippen LogP contribution is 2.24. The van der Waals surface area contributed by atoms with E-state index in [1.807, 2.05) is 42.5 Å². The van der Waals surface area contributed by atoms with Crippen LogP contribution >= 0.6 is 0 Å². The van der Waals surface area contributed by atoms with Gasteiger partial charge in [0.1, 0.15) is 6.54 Å². The van der Waals surface area contributed by atoms with Crippen LogP contribution in [0.15, 0.2) is 42.5 Å². The molecule has 1 aliphatic rings. The van der Waals surface area contributed by atoms with Crippen LogP contribution in [0.3, 0.4) is 0 Å². The molecule has 1 heterocycles. The molecule has 0 spiro atoms. The first kappa shape index (κ1) is 13.6. The van der Waals surface area contributed by atoms with Crippen molar-refractivity contribution in [2.24, 2.45) is 5.73 Å². The second kappa shape index (κ2) is 5.18. The zero-order valence-corrected chi connectivity index (χ0v) is 11.8. The molecule has 0 radical (unpaired) electrons. The number of hydrogen-bond donors (Lipinski definition) is 1. The van der Waals surface area contributed by atoms with Crippen molar-refractivity contribution in [1.82, 2.24) is 9.80 Å². The first-order chi connectivity index (χ1) is 10.1. The molecule has 1 atom stereocenters. The van der Waals surface area contributed by atoms with Gasteiger partial charge < -0.3 is 10.6 Å². The predicted octanol–water partition coefficient (Wildman–Crippen LogP) is 1.73. The highest BCUT2D eigenvalue weighted by Gasteiger charge is 2.34. The number of nitrogens with zero attached hydrogens (tertiary/aromatic N) is 2. The molecule has 1 unspecified atom stereocenters. The maximum Gasteiger partial charge on any atom is 0.327 e.